The maximum Gasteiger partial charge on any atom is 0.240 e. The van der Waals surface area contributed by atoms with Crippen LogP contribution in [-0.4, -0.2) is 21.5 Å². The summed E-state index contributed by atoms with van der Waals surface area (Å²) in [4.78, 5) is 0.154. The van der Waals surface area contributed by atoms with Gasteiger partial charge in [-0.2, -0.15) is 0 Å². The topological polar surface area (TPSA) is 72.2 Å². The average molecular weight is 261 g/mol. The van der Waals surface area contributed by atoms with Gasteiger partial charge in [0.15, 0.2) is 0 Å². The molecule has 0 saturated heterocycles. The fourth-order valence-corrected chi connectivity index (χ4v) is 2.33. The summed E-state index contributed by atoms with van der Waals surface area (Å²) in [6.45, 7) is 0.602. The van der Waals surface area contributed by atoms with Crippen LogP contribution in [0.3, 0.4) is 0 Å². The van der Waals surface area contributed by atoms with Crippen molar-refractivity contribution in [2.75, 3.05) is 13.1 Å². The summed E-state index contributed by atoms with van der Waals surface area (Å²) in [5.74, 6) is 0. The Bertz CT molecular complexity index is 471. The van der Waals surface area contributed by atoms with Crippen molar-refractivity contribution in [2.45, 2.75) is 4.90 Å². The van der Waals surface area contributed by atoms with Gasteiger partial charge in [0.1, 0.15) is 0 Å². The van der Waals surface area contributed by atoms with E-state index in [9.17, 15) is 8.42 Å². The summed E-state index contributed by atoms with van der Waals surface area (Å²) in [7, 11) is -3.49. The van der Waals surface area contributed by atoms with Crippen molar-refractivity contribution < 1.29 is 8.42 Å². The number of sulfonamides is 1. The molecule has 88 valence electrons. The van der Waals surface area contributed by atoms with Crippen LogP contribution in [0.15, 0.2) is 41.3 Å². The van der Waals surface area contributed by atoms with Gasteiger partial charge in [0.05, 0.1) is 4.90 Å². The highest BCUT2D eigenvalue weighted by Crippen LogP contribution is 2.14. The molecule has 0 radical (unpaired) electrons. The normalized spacial score (nSPS) is 12.1. The van der Waals surface area contributed by atoms with Crippen LogP contribution in [0.1, 0.15) is 0 Å². The van der Waals surface area contributed by atoms with Crippen molar-refractivity contribution in [3.05, 3.63) is 41.4 Å². The average Bonchev–Trinajstić information content (AvgIpc) is 2.24. The Morgan fingerprint density at radius 1 is 1.38 bits per heavy atom. The van der Waals surface area contributed by atoms with E-state index in [4.69, 9.17) is 17.3 Å². The van der Waals surface area contributed by atoms with Gasteiger partial charge in [-0.25, -0.2) is 13.1 Å². The van der Waals surface area contributed by atoms with E-state index in [2.05, 4.69) is 4.72 Å². The lowest BCUT2D eigenvalue weighted by Crippen LogP contribution is -2.23. The summed E-state index contributed by atoms with van der Waals surface area (Å²) in [6.07, 6.45) is 3.34. The molecule has 0 aliphatic carbocycles. The molecule has 4 nitrogen and oxygen atoms in total. The largest absolute Gasteiger partial charge is 0.327 e. The Kier molecular flexibility index (Phi) is 4.95. The van der Waals surface area contributed by atoms with Gasteiger partial charge >= 0.3 is 0 Å². The molecular weight excluding hydrogens is 248 g/mol. The van der Waals surface area contributed by atoms with Crippen molar-refractivity contribution in [3.8, 4) is 0 Å². The van der Waals surface area contributed by atoms with Crippen LogP contribution in [0, 0.1) is 0 Å². The van der Waals surface area contributed by atoms with E-state index in [1.807, 2.05) is 0 Å². The van der Waals surface area contributed by atoms with Crippen LogP contribution in [-0.2, 0) is 10.0 Å². The Labute approximate surface area is 100 Å². The maximum absolute atomic E-state index is 11.7. The van der Waals surface area contributed by atoms with Crippen LogP contribution in [0.2, 0.25) is 5.02 Å². The number of rotatable bonds is 5. The van der Waals surface area contributed by atoms with E-state index in [0.29, 0.717) is 11.6 Å². The summed E-state index contributed by atoms with van der Waals surface area (Å²) in [6, 6.07) is 6.10. The van der Waals surface area contributed by atoms with E-state index in [-0.39, 0.29) is 11.4 Å². The van der Waals surface area contributed by atoms with Gasteiger partial charge in [0.2, 0.25) is 10.0 Å². The molecule has 0 atom stereocenters. The van der Waals surface area contributed by atoms with E-state index in [1.54, 1.807) is 24.3 Å². The van der Waals surface area contributed by atoms with Gasteiger partial charge in [-0.1, -0.05) is 29.8 Å². The number of hydrogen-bond acceptors (Lipinski definition) is 3. The fraction of sp³-hybridized carbons (Fsp3) is 0.200. The number of nitrogens with two attached hydrogens (primary N) is 1. The molecule has 0 bridgehead atoms. The lowest BCUT2D eigenvalue weighted by atomic mass is 10.4. The molecule has 1 rings (SSSR count). The quantitative estimate of drug-likeness (QED) is 0.780. The molecule has 0 aliphatic rings. The first kappa shape index (κ1) is 13.2. The predicted molar refractivity (Wildman–Crippen MR) is 64.8 cm³/mol. The highest BCUT2D eigenvalue weighted by Gasteiger charge is 2.12. The van der Waals surface area contributed by atoms with E-state index in [1.165, 1.54) is 12.1 Å². The molecule has 0 aliphatic heterocycles. The van der Waals surface area contributed by atoms with Gasteiger partial charge in [0, 0.05) is 18.1 Å². The number of halogens is 1. The SMILES string of the molecule is NC/C=C/CNS(=O)(=O)c1cccc(Cl)c1. The highest BCUT2D eigenvalue weighted by atomic mass is 35.5. The van der Waals surface area contributed by atoms with Crippen LogP contribution < -0.4 is 10.5 Å². The van der Waals surface area contributed by atoms with Crippen LogP contribution in [0.25, 0.3) is 0 Å². The standard InChI is InChI=1S/C10H13ClN2O2S/c11-9-4-3-5-10(8-9)16(14,15)13-7-2-1-6-12/h1-5,8,13H,6-7,12H2/b2-1+. The highest BCUT2D eigenvalue weighted by molar-refractivity contribution is 7.89. The zero-order chi connectivity index (χ0) is 12.0. The molecule has 0 fully saturated rings. The third-order valence-corrected chi connectivity index (χ3v) is 3.46. The minimum absolute atomic E-state index is 0.154. The van der Waals surface area contributed by atoms with Gasteiger partial charge in [0.25, 0.3) is 0 Å². The number of hydrogen-bond donors (Lipinski definition) is 2. The first-order valence-electron chi connectivity index (χ1n) is 4.66. The molecule has 1 aromatic rings. The minimum atomic E-state index is -3.49. The van der Waals surface area contributed by atoms with Crippen molar-refractivity contribution in [3.63, 3.8) is 0 Å². The Hall–Kier alpha value is -0.880. The number of benzene rings is 1. The molecular formula is C10H13ClN2O2S. The van der Waals surface area contributed by atoms with Crippen molar-refractivity contribution in [1.29, 1.82) is 0 Å². The lowest BCUT2D eigenvalue weighted by Gasteiger charge is -2.04. The van der Waals surface area contributed by atoms with Crippen LogP contribution in [0.4, 0.5) is 0 Å². The second-order valence-corrected chi connectivity index (χ2v) is 5.22. The third-order valence-electron chi connectivity index (χ3n) is 1.80. The summed E-state index contributed by atoms with van der Waals surface area (Å²) < 4.78 is 25.8. The zero-order valence-electron chi connectivity index (χ0n) is 8.56. The van der Waals surface area contributed by atoms with E-state index < -0.39 is 10.0 Å². The monoisotopic (exact) mass is 260 g/mol. The molecule has 0 heterocycles. The molecule has 0 aromatic heterocycles. The molecule has 0 spiro atoms. The molecule has 6 heteroatoms. The molecule has 3 N–H and O–H groups in total. The first-order valence-corrected chi connectivity index (χ1v) is 6.52. The Morgan fingerprint density at radius 2 is 2.12 bits per heavy atom. The molecule has 0 unspecified atom stereocenters. The van der Waals surface area contributed by atoms with Crippen molar-refractivity contribution >= 4 is 21.6 Å². The fourth-order valence-electron chi connectivity index (χ4n) is 1.05. The molecule has 0 saturated carbocycles. The van der Waals surface area contributed by atoms with Gasteiger partial charge in [-0.15, -0.1) is 0 Å². The molecule has 1 aromatic carbocycles. The first-order chi connectivity index (χ1) is 7.56. The lowest BCUT2D eigenvalue weighted by molar-refractivity contribution is 0.585. The van der Waals surface area contributed by atoms with Gasteiger partial charge in [-0.05, 0) is 18.2 Å². The van der Waals surface area contributed by atoms with Crippen molar-refractivity contribution in [2.24, 2.45) is 5.73 Å². The smallest absolute Gasteiger partial charge is 0.240 e. The second-order valence-electron chi connectivity index (χ2n) is 3.02. The van der Waals surface area contributed by atoms with E-state index >= 15 is 0 Å². The zero-order valence-corrected chi connectivity index (χ0v) is 10.1. The molecule has 16 heavy (non-hydrogen) atoms. The number of nitrogens with one attached hydrogen (secondary N) is 1. The van der Waals surface area contributed by atoms with E-state index in [0.717, 1.165) is 0 Å². The Balaban J connectivity index is 2.75. The van der Waals surface area contributed by atoms with Gasteiger partial charge in [-0.3, -0.25) is 0 Å². The van der Waals surface area contributed by atoms with Crippen LogP contribution >= 0.6 is 11.6 Å². The minimum Gasteiger partial charge on any atom is -0.327 e. The Morgan fingerprint density at radius 3 is 2.75 bits per heavy atom. The maximum atomic E-state index is 11.7. The summed E-state index contributed by atoms with van der Waals surface area (Å²) >= 11 is 5.71. The summed E-state index contributed by atoms with van der Waals surface area (Å²) in [5, 5.41) is 0.389. The molecule has 0 amide bonds. The van der Waals surface area contributed by atoms with Crippen molar-refractivity contribution in [1.82, 2.24) is 4.72 Å². The summed E-state index contributed by atoms with van der Waals surface area (Å²) in [5.41, 5.74) is 5.23. The second kappa shape index (κ2) is 6.00. The van der Waals surface area contributed by atoms with Gasteiger partial charge < -0.3 is 5.73 Å². The van der Waals surface area contributed by atoms with Crippen LogP contribution in [0.5, 0.6) is 0 Å². The predicted octanol–water partition coefficient (Wildman–Crippen LogP) is 1.13. The third kappa shape index (κ3) is 3.94.